The SMILES string of the molecule is CCCOc1cncc(N2Cc3ccc(N)cc3C2)n1. The van der Waals surface area contributed by atoms with Crippen molar-refractivity contribution in [3.8, 4) is 5.88 Å². The van der Waals surface area contributed by atoms with E-state index in [1.807, 2.05) is 12.1 Å². The third kappa shape index (κ3) is 2.52. The van der Waals surface area contributed by atoms with Crippen molar-refractivity contribution in [1.82, 2.24) is 9.97 Å². The predicted molar refractivity (Wildman–Crippen MR) is 78.6 cm³/mol. The summed E-state index contributed by atoms with van der Waals surface area (Å²) in [7, 11) is 0. The van der Waals surface area contributed by atoms with Crippen molar-refractivity contribution in [3.63, 3.8) is 0 Å². The molecule has 2 aromatic rings. The molecule has 20 heavy (non-hydrogen) atoms. The quantitative estimate of drug-likeness (QED) is 0.864. The standard InChI is InChI=1S/C15H18N4O/c1-2-5-20-15-8-17-7-14(18-15)19-9-11-3-4-13(16)6-12(11)10-19/h3-4,6-8H,2,5,9-10,16H2,1H3. The number of benzene rings is 1. The fraction of sp³-hybridized carbons (Fsp3) is 0.333. The molecular weight excluding hydrogens is 252 g/mol. The highest BCUT2D eigenvalue weighted by Crippen LogP contribution is 2.28. The minimum absolute atomic E-state index is 0.583. The first-order chi connectivity index (χ1) is 9.76. The van der Waals surface area contributed by atoms with Gasteiger partial charge < -0.3 is 15.4 Å². The Morgan fingerprint density at radius 2 is 2.10 bits per heavy atom. The second-order valence-corrected chi connectivity index (χ2v) is 4.95. The molecule has 5 nitrogen and oxygen atoms in total. The Hall–Kier alpha value is -2.30. The van der Waals surface area contributed by atoms with Crippen molar-refractivity contribution in [1.29, 1.82) is 0 Å². The fourth-order valence-electron chi connectivity index (χ4n) is 2.34. The van der Waals surface area contributed by atoms with E-state index >= 15 is 0 Å². The molecule has 2 heterocycles. The second kappa shape index (κ2) is 5.36. The maximum Gasteiger partial charge on any atom is 0.234 e. The number of nitrogen functional groups attached to an aromatic ring is 1. The molecule has 1 aliphatic heterocycles. The zero-order valence-corrected chi connectivity index (χ0v) is 11.5. The topological polar surface area (TPSA) is 64.3 Å². The molecular formula is C15H18N4O. The number of anilines is 2. The summed E-state index contributed by atoms with van der Waals surface area (Å²) in [6.07, 6.45) is 4.38. The van der Waals surface area contributed by atoms with Crippen molar-refractivity contribution >= 4 is 11.5 Å². The van der Waals surface area contributed by atoms with Crippen molar-refractivity contribution in [2.45, 2.75) is 26.4 Å². The van der Waals surface area contributed by atoms with E-state index in [2.05, 4.69) is 27.9 Å². The number of aromatic nitrogens is 2. The Morgan fingerprint density at radius 3 is 2.95 bits per heavy atom. The Morgan fingerprint density at radius 1 is 1.25 bits per heavy atom. The highest BCUT2D eigenvalue weighted by atomic mass is 16.5. The van der Waals surface area contributed by atoms with Crippen molar-refractivity contribution in [3.05, 3.63) is 41.7 Å². The lowest BCUT2D eigenvalue weighted by molar-refractivity contribution is 0.304. The summed E-state index contributed by atoms with van der Waals surface area (Å²) in [4.78, 5) is 10.9. The molecule has 0 unspecified atom stereocenters. The molecule has 1 aliphatic rings. The molecule has 0 spiro atoms. The monoisotopic (exact) mass is 270 g/mol. The smallest absolute Gasteiger partial charge is 0.234 e. The molecule has 0 aliphatic carbocycles. The van der Waals surface area contributed by atoms with E-state index in [0.717, 1.165) is 31.0 Å². The summed E-state index contributed by atoms with van der Waals surface area (Å²) >= 11 is 0. The molecule has 1 aromatic carbocycles. The average Bonchev–Trinajstić information content (AvgIpc) is 2.88. The van der Waals surface area contributed by atoms with Crippen LogP contribution in [0.3, 0.4) is 0 Å². The van der Waals surface area contributed by atoms with Crippen LogP contribution in [0.1, 0.15) is 24.5 Å². The predicted octanol–water partition coefficient (Wildman–Crippen LogP) is 2.37. The fourth-order valence-corrected chi connectivity index (χ4v) is 2.34. The van der Waals surface area contributed by atoms with Crippen LogP contribution in [0.15, 0.2) is 30.6 Å². The molecule has 104 valence electrons. The van der Waals surface area contributed by atoms with Gasteiger partial charge in [0.1, 0.15) is 0 Å². The van der Waals surface area contributed by atoms with Crippen LogP contribution in [0.4, 0.5) is 11.5 Å². The van der Waals surface area contributed by atoms with Crippen molar-refractivity contribution in [2.75, 3.05) is 17.2 Å². The molecule has 0 saturated carbocycles. The molecule has 0 bridgehead atoms. The van der Waals surface area contributed by atoms with Crippen LogP contribution in [0.5, 0.6) is 5.88 Å². The lowest BCUT2D eigenvalue weighted by Gasteiger charge is -2.16. The molecule has 0 atom stereocenters. The number of nitrogens with two attached hydrogens (primary N) is 1. The first-order valence-corrected chi connectivity index (χ1v) is 6.83. The van der Waals surface area contributed by atoms with Gasteiger partial charge in [0.2, 0.25) is 5.88 Å². The van der Waals surface area contributed by atoms with Crippen LogP contribution in [0, 0.1) is 0 Å². The van der Waals surface area contributed by atoms with E-state index in [4.69, 9.17) is 10.5 Å². The van der Waals surface area contributed by atoms with Gasteiger partial charge in [0.05, 0.1) is 19.0 Å². The summed E-state index contributed by atoms with van der Waals surface area (Å²) in [5.74, 6) is 1.42. The molecule has 2 N–H and O–H groups in total. The van der Waals surface area contributed by atoms with Gasteiger partial charge in [-0.15, -0.1) is 0 Å². The zero-order valence-electron chi connectivity index (χ0n) is 11.5. The Kier molecular flexibility index (Phi) is 3.41. The van der Waals surface area contributed by atoms with Gasteiger partial charge in [-0.2, -0.15) is 4.98 Å². The minimum atomic E-state index is 0.583. The first kappa shape index (κ1) is 12.7. The maximum absolute atomic E-state index is 5.83. The third-order valence-electron chi connectivity index (χ3n) is 3.33. The third-order valence-corrected chi connectivity index (χ3v) is 3.33. The van der Waals surface area contributed by atoms with Crippen LogP contribution in [-0.4, -0.2) is 16.6 Å². The lowest BCUT2D eigenvalue weighted by atomic mass is 10.1. The van der Waals surface area contributed by atoms with E-state index in [-0.39, 0.29) is 0 Å². The second-order valence-electron chi connectivity index (χ2n) is 4.95. The summed E-state index contributed by atoms with van der Waals surface area (Å²) in [5, 5.41) is 0. The van der Waals surface area contributed by atoms with E-state index in [1.165, 1.54) is 11.1 Å². The van der Waals surface area contributed by atoms with Gasteiger partial charge >= 0.3 is 0 Å². The molecule has 0 radical (unpaired) electrons. The first-order valence-electron chi connectivity index (χ1n) is 6.83. The molecule has 0 fully saturated rings. The highest BCUT2D eigenvalue weighted by molar-refractivity contribution is 5.52. The largest absolute Gasteiger partial charge is 0.477 e. The Balaban J connectivity index is 1.78. The van der Waals surface area contributed by atoms with Gasteiger partial charge in [-0.1, -0.05) is 13.0 Å². The summed E-state index contributed by atoms with van der Waals surface area (Å²) < 4.78 is 5.53. The van der Waals surface area contributed by atoms with Gasteiger partial charge in [-0.25, -0.2) is 0 Å². The molecule has 0 amide bonds. The number of fused-ring (bicyclic) bond motifs is 1. The number of hydrogen-bond donors (Lipinski definition) is 1. The van der Waals surface area contributed by atoms with Crippen LogP contribution in [0.25, 0.3) is 0 Å². The lowest BCUT2D eigenvalue weighted by Crippen LogP contribution is -2.16. The van der Waals surface area contributed by atoms with Crippen LogP contribution in [0.2, 0.25) is 0 Å². The number of ether oxygens (including phenoxy) is 1. The van der Waals surface area contributed by atoms with Crippen LogP contribution in [-0.2, 0) is 13.1 Å². The van der Waals surface area contributed by atoms with Gasteiger partial charge in [0.25, 0.3) is 0 Å². The molecule has 5 heteroatoms. The normalized spacial score (nSPS) is 13.3. The van der Waals surface area contributed by atoms with E-state index in [9.17, 15) is 0 Å². The van der Waals surface area contributed by atoms with Gasteiger partial charge in [0.15, 0.2) is 5.82 Å². The van der Waals surface area contributed by atoms with E-state index in [0.29, 0.717) is 12.5 Å². The molecule has 1 aromatic heterocycles. The summed E-state index contributed by atoms with van der Waals surface area (Å²) in [6, 6.07) is 6.05. The van der Waals surface area contributed by atoms with Crippen molar-refractivity contribution in [2.24, 2.45) is 0 Å². The van der Waals surface area contributed by atoms with E-state index in [1.54, 1.807) is 12.4 Å². The Bertz CT molecular complexity index is 615. The zero-order chi connectivity index (χ0) is 13.9. The van der Waals surface area contributed by atoms with Crippen molar-refractivity contribution < 1.29 is 4.74 Å². The summed E-state index contributed by atoms with van der Waals surface area (Å²) in [5.41, 5.74) is 9.18. The molecule has 3 rings (SSSR count). The van der Waals surface area contributed by atoms with Gasteiger partial charge in [-0.05, 0) is 29.7 Å². The minimum Gasteiger partial charge on any atom is -0.477 e. The van der Waals surface area contributed by atoms with Crippen LogP contribution < -0.4 is 15.4 Å². The van der Waals surface area contributed by atoms with Gasteiger partial charge in [0, 0.05) is 18.8 Å². The van der Waals surface area contributed by atoms with Crippen LogP contribution >= 0.6 is 0 Å². The average molecular weight is 270 g/mol. The van der Waals surface area contributed by atoms with E-state index < -0.39 is 0 Å². The highest BCUT2D eigenvalue weighted by Gasteiger charge is 2.20. The number of nitrogens with zero attached hydrogens (tertiary/aromatic N) is 3. The number of hydrogen-bond acceptors (Lipinski definition) is 5. The maximum atomic E-state index is 5.83. The van der Waals surface area contributed by atoms with Gasteiger partial charge in [-0.3, -0.25) is 4.98 Å². The molecule has 0 saturated heterocycles. The Labute approximate surface area is 118 Å². The number of rotatable bonds is 4. The summed E-state index contributed by atoms with van der Waals surface area (Å²) in [6.45, 7) is 4.38.